The fraction of sp³-hybridized carbons (Fsp3) is 0.500. The Morgan fingerprint density at radius 2 is 2.06 bits per heavy atom. The maximum Gasteiger partial charge on any atom is 0.239 e. The predicted molar refractivity (Wildman–Crippen MR) is 68.4 cm³/mol. The zero-order chi connectivity index (χ0) is 12.3. The molecule has 1 fully saturated rings. The van der Waals surface area contributed by atoms with Gasteiger partial charge in [0.2, 0.25) is 5.91 Å². The van der Waals surface area contributed by atoms with Gasteiger partial charge in [-0.05, 0) is 31.7 Å². The molecular weight excluding hydrogens is 212 g/mol. The number of hydrogen-bond acceptors (Lipinski definition) is 2. The first-order valence-electron chi connectivity index (χ1n) is 6.31. The maximum atomic E-state index is 12.1. The summed E-state index contributed by atoms with van der Waals surface area (Å²) in [5.41, 5.74) is 6.94. The number of likely N-dealkylation sites (tertiary alicyclic amines) is 1. The van der Waals surface area contributed by atoms with E-state index in [-0.39, 0.29) is 11.9 Å². The van der Waals surface area contributed by atoms with E-state index in [1.165, 1.54) is 12.0 Å². The van der Waals surface area contributed by atoms with Gasteiger partial charge < -0.3 is 10.6 Å². The van der Waals surface area contributed by atoms with Crippen molar-refractivity contribution in [1.82, 2.24) is 4.90 Å². The molecule has 0 radical (unpaired) electrons. The highest BCUT2D eigenvalue weighted by molar-refractivity contribution is 5.81. The number of benzene rings is 1. The highest BCUT2D eigenvalue weighted by atomic mass is 16.2. The highest BCUT2D eigenvalue weighted by Gasteiger charge is 2.29. The Hall–Kier alpha value is -1.35. The molecule has 2 atom stereocenters. The van der Waals surface area contributed by atoms with E-state index >= 15 is 0 Å². The monoisotopic (exact) mass is 232 g/mol. The van der Waals surface area contributed by atoms with Crippen LogP contribution in [0.5, 0.6) is 0 Å². The number of piperidine rings is 1. The van der Waals surface area contributed by atoms with Crippen LogP contribution in [0, 0.1) is 0 Å². The van der Waals surface area contributed by atoms with Crippen LogP contribution in [0.25, 0.3) is 0 Å². The lowest BCUT2D eigenvalue weighted by Crippen LogP contribution is -2.46. The molecule has 0 bridgehead atoms. The molecule has 2 N–H and O–H groups in total. The van der Waals surface area contributed by atoms with Gasteiger partial charge in [0.25, 0.3) is 0 Å². The number of carbonyl (C=O) groups excluding carboxylic acids is 1. The quantitative estimate of drug-likeness (QED) is 0.848. The molecule has 1 saturated heterocycles. The van der Waals surface area contributed by atoms with Crippen molar-refractivity contribution in [3.05, 3.63) is 35.9 Å². The predicted octanol–water partition coefficient (Wildman–Crippen LogP) is 2.09. The van der Waals surface area contributed by atoms with Crippen molar-refractivity contribution in [2.75, 3.05) is 6.54 Å². The van der Waals surface area contributed by atoms with Crippen LogP contribution in [0.3, 0.4) is 0 Å². The molecule has 92 valence electrons. The topological polar surface area (TPSA) is 46.3 Å². The first kappa shape index (κ1) is 12.1. The number of nitrogens with zero attached hydrogens (tertiary/aromatic N) is 1. The van der Waals surface area contributed by atoms with Crippen molar-refractivity contribution in [1.29, 1.82) is 0 Å². The maximum absolute atomic E-state index is 12.1. The fourth-order valence-electron chi connectivity index (χ4n) is 2.48. The zero-order valence-corrected chi connectivity index (χ0v) is 10.3. The van der Waals surface area contributed by atoms with Gasteiger partial charge in [-0.1, -0.05) is 30.3 Å². The highest BCUT2D eigenvalue weighted by Crippen LogP contribution is 2.30. The van der Waals surface area contributed by atoms with Gasteiger partial charge >= 0.3 is 0 Å². The Kier molecular flexibility index (Phi) is 3.79. The number of carbonyl (C=O) groups is 1. The zero-order valence-electron chi connectivity index (χ0n) is 10.3. The van der Waals surface area contributed by atoms with Crippen LogP contribution in [-0.4, -0.2) is 23.4 Å². The SMILES string of the molecule is CC(N)C(=O)N1CCCCC1c1ccccc1. The third-order valence-electron chi connectivity index (χ3n) is 3.36. The lowest BCUT2D eigenvalue weighted by atomic mass is 9.94. The molecule has 2 rings (SSSR count). The molecular formula is C14H20N2O. The Bertz CT molecular complexity index is 375. The minimum Gasteiger partial charge on any atom is -0.334 e. The Morgan fingerprint density at radius 3 is 2.71 bits per heavy atom. The molecule has 0 aliphatic carbocycles. The average molecular weight is 232 g/mol. The molecule has 2 unspecified atom stereocenters. The number of hydrogen-bond donors (Lipinski definition) is 1. The fourth-order valence-corrected chi connectivity index (χ4v) is 2.48. The largest absolute Gasteiger partial charge is 0.334 e. The minimum absolute atomic E-state index is 0.0681. The Morgan fingerprint density at radius 1 is 1.35 bits per heavy atom. The van der Waals surface area contributed by atoms with Gasteiger partial charge in [0.05, 0.1) is 12.1 Å². The summed E-state index contributed by atoms with van der Waals surface area (Å²) in [4.78, 5) is 14.0. The van der Waals surface area contributed by atoms with Crippen LogP contribution >= 0.6 is 0 Å². The Labute approximate surface area is 103 Å². The second-order valence-corrected chi connectivity index (χ2v) is 4.74. The first-order valence-corrected chi connectivity index (χ1v) is 6.31. The molecule has 3 nitrogen and oxygen atoms in total. The van der Waals surface area contributed by atoms with E-state index in [2.05, 4.69) is 12.1 Å². The molecule has 0 spiro atoms. The van der Waals surface area contributed by atoms with Crippen LogP contribution < -0.4 is 5.73 Å². The van der Waals surface area contributed by atoms with Gasteiger partial charge in [-0.25, -0.2) is 0 Å². The van der Waals surface area contributed by atoms with E-state index in [0.29, 0.717) is 0 Å². The standard InChI is InChI=1S/C14H20N2O/c1-11(15)14(17)16-10-6-5-9-13(16)12-7-3-2-4-8-12/h2-4,7-8,11,13H,5-6,9-10,15H2,1H3. The summed E-state index contributed by atoms with van der Waals surface area (Å²) in [6, 6.07) is 10.1. The molecule has 1 amide bonds. The van der Waals surface area contributed by atoms with E-state index in [9.17, 15) is 4.79 Å². The Balaban J connectivity index is 2.21. The second-order valence-electron chi connectivity index (χ2n) is 4.74. The van der Waals surface area contributed by atoms with Crippen LogP contribution in [0.2, 0.25) is 0 Å². The summed E-state index contributed by atoms with van der Waals surface area (Å²) in [7, 11) is 0. The molecule has 1 aliphatic heterocycles. The van der Waals surface area contributed by atoms with E-state index < -0.39 is 6.04 Å². The van der Waals surface area contributed by atoms with Crippen molar-refractivity contribution in [3.8, 4) is 0 Å². The van der Waals surface area contributed by atoms with Gasteiger partial charge in [-0.2, -0.15) is 0 Å². The third-order valence-corrected chi connectivity index (χ3v) is 3.36. The lowest BCUT2D eigenvalue weighted by Gasteiger charge is -2.37. The number of nitrogens with two attached hydrogens (primary N) is 1. The van der Waals surface area contributed by atoms with Crippen LogP contribution in [0.4, 0.5) is 0 Å². The molecule has 3 heteroatoms. The van der Waals surface area contributed by atoms with Crippen molar-refractivity contribution < 1.29 is 4.79 Å². The van der Waals surface area contributed by atoms with Crippen LogP contribution in [0.15, 0.2) is 30.3 Å². The smallest absolute Gasteiger partial charge is 0.239 e. The average Bonchev–Trinajstić information content (AvgIpc) is 2.39. The molecule has 1 aromatic carbocycles. The summed E-state index contributed by atoms with van der Waals surface area (Å²) in [5.74, 6) is 0.0681. The van der Waals surface area contributed by atoms with E-state index in [4.69, 9.17) is 5.73 Å². The molecule has 1 aliphatic rings. The summed E-state index contributed by atoms with van der Waals surface area (Å²) < 4.78 is 0. The molecule has 1 heterocycles. The van der Waals surface area contributed by atoms with Crippen molar-refractivity contribution >= 4 is 5.91 Å². The lowest BCUT2D eigenvalue weighted by molar-refractivity contribution is -0.136. The summed E-state index contributed by atoms with van der Waals surface area (Å²) >= 11 is 0. The first-order chi connectivity index (χ1) is 8.20. The van der Waals surface area contributed by atoms with E-state index in [0.717, 1.165) is 19.4 Å². The van der Waals surface area contributed by atoms with E-state index in [1.807, 2.05) is 23.1 Å². The second kappa shape index (κ2) is 5.32. The molecule has 0 saturated carbocycles. The minimum atomic E-state index is -0.403. The van der Waals surface area contributed by atoms with Crippen molar-refractivity contribution in [3.63, 3.8) is 0 Å². The summed E-state index contributed by atoms with van der Waals surface area (Å²) in [5, 5.41) is 0. The van der Waals surface area contributed by atoms with Gasteiger partial charge in [0.15, 0.2) is 0 Å². The van der Waals surface area contributed by atoms with Crippen LogP contribution in [0.1, 0.15) is 37.8 Å². The van der Waals surface area contributed by atoms with Crippen molar-refractivity contribution in [2.45, 2.75) is 38.3 Å². The van der Waals surface area contributed by atoms with Crippen molar-refractivity contribution in [2.24, 2.45) is 5.73 Å². The third kappa shape index (κ3) is 2.67. The molecule has 0 aromatic heterocycles. The van der Waals surface area contributed by atoms with Gasteiger partial charge in [-0.3, -0.25) is 4.79 Å². The van der Waals surface area contributed by atoms with Gasteiger partial charge in [-0.15, -0.1) is 0 Å². The number of rotatable bonds is 2. The summed E-state index contributed by atoms with van der Waals surface area (Å²) in [6.45, 7) is 2.60. The van der Waals surface area contributed by atoms with Gasteiger partial charge in [0.1, 0.15) is 0 Å². The van der Waals surface area contributed by atoms with Crippen LogP contribution in [-0.2, 0) is 4.79 Å². The molecule has 1 aromatic rings. The number of amides is 1. The normalized spacial score (nSPS) is 22.2. The van der Waals surface area contributed by atoms with E-state index in [1.54, 1.807) is 6.92 Å². The van der Waals surface area contributed by atoms with Gasteiger partial charge in [0, 0.05) is 6.54 Å². The summed E-state index contributed by atoms with van der Waals surface area (Å²) in [6.07, 6.45) is 3.31. The molecule has 17 heavy (non-hydrogen) atoms.